The first kappa shape index (κ1) is 13.8. The molecule has 2 N–H and O–H groups in total. The van der Waals surface area contributed by atoms with Crippen molar-refractivity contribution in [1.29, 1.82) is 0 Å². The van der Waals surface area contributed by atoms with Crippen LogP contribution in [0.15, 0.2) is 36.7 Å². The van der Waals surface area contributed by atoms with Gasteiger partial charge in [0.25, 0.3) is 0 Å². The van der Waals surface area contributed by atoms with E-state index in [0.29, 0.717) is 16.3 Å². The van der Waals surface area contributed by atoms with Crippen molar-refractivity contribution in [2.24, 2.45) is 5.73 Å². The molecule has 2 rings (SSSR count). The van der Waals surface area contributed by atoms with E-state index in [2.05, 4.69) is 4.98 Å². The van der Waals surface area contributed by atoms with Gasteiger partial charge >= 0.3 is 0 Å². The molecule has 0 fully saturated rings. The molecule has 0 aliphatic carbocycles. The Morgan fingerprint density at radius 3 is 2.84 bits per heavy atom. The van der Waals surface area contributed by atoms with Crippen molar-refractivity contribution >= 4 is 11.6 Å². The van der Waals surface area contributed by atoms with Crippen LogP contribution < -0.4 is 10.5 Å². The summed E-state index contributed by atoms with van der Waals surface area (Å²) >= 11 is 5.96. The highest BCUT2D eigenvalue weighted by molar-refractivity contribution is 6.31. The summed E-state index contributed by atoms with van der Waals surface area (Å²) in [6.07, 6.45) is 3.17. The highest BCUT2D eigenvalue weighted by Crippen LogP contribution is 2.22. The van der Waals surface area contributed by atoms with Gasteiger partial charge < -0.3 is 10.5 Å². The minimum Gasteiger partial charge on any atom is -0.489 e. The van der Waals surface area contributed by atoms with Crippen LogP contribution in [0, 0.1) is 5.82 Å². The topological polar surface area (TPSA) is 48.1 Å². The van der Waals surface area contributed by atoms with Crippen LogP contribution in [0.2, 0.25) is 5.02 Å². The van der Waals surface area contributed by atoms with Gasteiger partial charge in [0.1, 0.15) is 18.2 Å². The molecule has 0 amide bonds. The number of halogens is 2. The van der Waals surface area contributed by atoms with Gasteiger partial charge in [-0.25, -0.2) is 4.39 Å². The first-order chi connectivity index (χ1) is 9.08. The Kier molecular flexibility index (Phi) is 4.35. The summed E-state index contributed by atoms with van der Waals surface area (Å²) in [4.78, 5) is 3.88. The molecule has 0 aliphatic rings. The van der Waals surface area contributed by atoms with Crippen molar-refractivity contribution in [3.63, 3.8) is 0 Å². The van der Waals surface area contributed by atoms with Crippen molar-refractivity contribution in [2.45, 2.75) is 19.6 Å². The molecule has 1 heterocycles. The lowest BCUT2D eigenvalue weighted by molar-refractivity contribution is 0.304. The van der Waals surface area contributed by atoms with E-state index < -0.39 is 0 Å². The Morgan fingerprint density at radius 2 is 2.21 bits per heavy atom. The lowest BCUT2D eigenvalue weighted by Gasteiger charge is -2.11. The fourth-order valence-corrected chi connectivity index (χ4v) is 1.82. The van der Waals surface area contributed by atoms with Gasteiger partial charge in [-0.1, -0.05) is 17.7 Å². The van der Waals surface area contributed by atoms with E-state index in [1.165, 1.54) is 6.07 Å². The van der Waals surface area contributed by atoms with E-state index in [1.54, 1.807) is 37.5 Å². The Hall–Kier alpha value is -1.65. The van der Waals surface area contributed by atoms with Gasteiger partial charge in [-0.05, 0) is 19.1 Å². The summed E-state index contributed by atoms with van der Waals surface area (Å²) in [5.74, 6) is 0.0723. The number of nitrogens with zero attached hydrogens (tertiary/aromatic N) is 1. The van der Waals surface area contributed by atoms with Gasteiger partial charge in [-0.2, -0.15) is 0 Å². The molecular formula is C14H14ClFN2O. The van der Waals surface area contributed by atoms with Crippen LogP contribution in [0.5, 0.6) is 5.75 Å². The van der Waals surface area contributed by atoms with Crippen LogP contribution in [0.1, 0.15) is 24.1 Å². The summed E-state index contributed by atoms with van der Waals surface area (Å²) in [6.45, 7) is 1.99. The van der Waals surface area contributed by atoms with Crippen LogP contribution in [-0.2, 0) is 6.61 Å². The zero-order valence-electron chi connectivity index (χ0n) is 10.4. The number of aromatic nitrogens is 1. The average molecular weight is 281 g/mol. The Bertz CT molecular complexity index is 575. The Labute approximate surface area is 116 Å². The zero-order chi connectivity index (χ0) is 13.8. The molecule has 0 spiro atoms. The van der Waals surface area contributed by atoms with Crippen molar-refractivity contribution in [3.05, 3.63) is 58.6 Å². The first-order valence-corrected chi connectivity index (χ1v) is 6.22. The Morgan fingerprint density at radius 1 is 1.42 bits per heavy atom. The number of ether oxygens (including phenoxy) is 1. The number of pyridine rings is 1. The predicted octanol–water partition coefficient (Wildman–Crippen LogP) is 3.47. The summed E-state index contributed by atoms with van der Waals surface area (Å²) in [7, 11) is 0. The van der Waals surface area contributed by atoms with Crippen LogP contribution in [0.25, 0.3) is 0 Å². The van der Waals surface area contributed by atoms with E-state index >= 15 is 0 Å². The zero-order valence-corrected chi connectivity index (χ0v) is 11.2. The van der Waals surface area contributed by atoms with Gasteiger partial charge in [0.15, 0.2) is 0 Å². The molecule has 1 atom stereocenters. The van der Waals surface area contributed by atoms with E-state index in [-0.39, 0.29) is 18.5 Å². The third-order valence-electron chi connectivity index (χ3n) is 2.71. The maximum atomic E-state index is 13.7. The maximum absolute atomic E-state index is 13.7. The van der Waals surface area contributed by atoms with Crippen LogP contribution in [0.3, 0.4) is 0 Å². The van der Waals surface area contributed by atoms with Gasteiger partial charge in [-0.3, -0.25) is 4.98 Å². The molecule has 100 valence electrons. The molecule has 3 nitrogen and oxygen atoms in total. The molecule has 1 aromatic carbocycles. The SMILES string of the molecule is C[C@H](N)c1ccc(OCc2ccncc2Cl)cc1F. The number of hydrogen-bond acceptors (Lipinski definition) is 3. The summed E-state index contributed by atoms with van der Waals surface area (Å²) in [6, 6.07) is 6.06. The van der Waals surface area contributed by atoms with Crippen molar-refractivity contribution in [1.82, 2.24) is 4.98 Å². The fraction of sp³-hybridized carbons (Fsp3) is 0.214. The van der Waals surface area contributed by atoms with Gasteiger partial charge in [-0.15, -0.1) is 0 Å². The molecule has 0 aliphatic heterocycles. The highest BCUT2D eigenvalue weighted by Gasteiger charge is 2.08. The molecule has 0 bridgehead atoms. The molecule has 0 radical (unpaired) electrons. The van der Waals surface area contributed by atoms with Crippen molar-refractivity contribution in [3.8, 4) is 5.75 Å². The summed E-state index contributed by atoms with van der Waals surface area (Å²) < 4.78 is 19.2. The van der Waals surface area contributed by atoms with Gasteiger partial charge in [0, 0.05) is 35.6 Å². The normalized spacial score (nSPS) is 12.2. The van der Waals surface area contributed by atoms with Crippen LogP contribution in [-0.4, -0.2) is 4.98 Å². The second kappa shape index (κ2) is 5.99. The predicted molar refractivity (Wildman–Crippen MR) is 72.6 cm³/mol. The highest BCUT2D eigenvalue weighted by atomic mass is 35.5. The molecule has 19 heavy (non-hydrogen) atoms. The molecule has 2 aromatic rings. The molecule has 5 heteroatoms. The standard InChI is InChI=1S/C14H14ClFN2O/c1-9(17)12-3-2-11(6-14(12)16)19-8-10-4-5-18-7-13(10)15/h2-7,9H,8,17H2,1H3/t9-/m0/s1. The van der Waals surface area contributed by atoms with Crippen molar-refractivity contribution in [2.75, 3.05) is 0 Å². The van der Waals surface area contributed by atoms with Crippen LogP contribution in [0.4, 0.5) is 4.39 Å². The average Bonchev–Trinajstić information content (AvgIpc) is 2.37. The number of benzene rings is 1. The Balaban J connectivity index is 2.08. The summed E-state index contributed by atoms with van der Waals surface area (Å²) in [5, 5.41) is 0.523. The number of nitrogens with two attached hydrogens (primary N) is 1. The van der Waals surface area contributed by atoms with E-state index in [9.17, 15) is 4.39 Å². The smallest absolute Gasteiger partial charge is 0.131 e. The van der Waals surface area contributed by atoms with Crippen molar-refractivity contribution < 1.29 is 9.13 Å². The molecular weight excluding hydrogens is 267 g/mol. The molecule has 0 unspecified atom stereocenters. The molecule has 0 saturated heterocycles. The third-order valence-corrected chi connectivity index (χ3v) is 3.05. The van der Waals surface area contributed by atoms with Gasteiger partial charge in [0.2, 0.25) is 0 Å². The quantitative estimate of drug-likeness (QED) is 0.933. The third kappa shape index (κ3) is 3.43. The van der Waals surface area contributed by atoms with Gasteiger partial charge in [0.05, 0.1) is 5.02 Å². The minimum absolute atomic E-state index is 0.262. The van der Waals surface area contributed by atoms with E-state index in [4.69, 9.17) is 22.1 Å². The number of hydrogen-bond donors (Lipinski definition) is 1. The second-order valence-electron chi connectivity index (χ2n) is 4.23. The number of rotatable bonds is 4. The molecule has 1 aromatic heterocycles. The van der Waals surface area contributed by atoms with Crippen LogP contribution >= 0.6 is 11.6 Å². The first-order valence-electron chi connectivity index (χ1n) is 5.84. The largest absolute Gasteiger partial charge is 0.489 e. The second-order valence-corrected chi connectivity index (χ2v) is 4.63. The molecule has 0 saturated carbocycles. The lowest BCUT2D eigenvalue weighted by atomic mass is 10.1. The summed E-state index contributed by atoms with van der Waals surface area (Å²) in [5.41, 5.74) is 6.91. The monoisotopic (exact) mass is 280 g/mol. The fourth-order valence-electron chi connectivity index (χ4n) is 1.65. The van der Waals surface area contributed by atoms with E-state index in [0.717, 1.165) is 5.56 Å². The minimum atomic E-state index is -0.367. The lowest BCUT2D eigenvalue weighted by Crippen LogP contribution is -2.07. The van der Waals surface area contributed by atoms with E-state index in [1.807, 2.05) is 0 Å². The maximum Gasteiger partial charge on any atom is 0.131 e.